The minimum Gasteiger partial charge on any atom is -0.337 e. The highest BCUT2D eigenvalue weighted by Gasteiger charge is 2.34. The van der Waals surface area contributed by atoms with Gasteiger partial charge in [0.05, 0.1) is 12.2 Å². The first-order chi connectivity index (χ1) is 10.2. The summed E-state index contributed by atoms with van der Waals surface area (Å²) in [5, 5.41) is 11.4. The highest BCUT2D eigenvalue weighted by molar-refractivity contribution is 5.92. The summed E-state index contributed by atoms with van der Waals surface area (Å²) >= 11 is 0. The van der Waals surface area contributed by atoms with Crippen LogP contribution in [0.2, 0.25) is 0 Å². The van der Waals surface area contributed by atoms with Gasteiger partial charge >= 0.3 is 0 Å². The summed E-state index contributed by atoms with van der Waals surface area (Å²) in [4.78, 5) is 14.5. The quantitative estimate of drug-likeness (QED) is 0.912. The van der Waals surface area contributed by atoms with Crippen LogP contribution in [0.5, 0.6) is 0 Å². The molecule has 1 amide bonds. The normalized spacial score (nSPS) is 22.1. The van der Waals surface area contributed by atoms with Crippen molar-refractivity contribution in [3.8, 4) is 0 Å². The van der Waals surface area contributed by atoms with Crippen molar-refractivity contribution >= 4 is 5.91 Å². The zero-order chi connectivity index (χ0) is 14.9. The molecule has 2 saturated heterocycles. The van der Waals surface area contributed by atoms with Crippen LogP contribution in [0.1, 0.15) is 56.1 Å². The lowest BCUT2D eigenvalue weighted by atomic mass is 9.74. The van der Waals surface area contributed by atoms with Gasteiger partial charge in [0.2, 0.25) is 0 Å². The Kier molecular flexibility index (Phi) is 3.97. The molecule has 1 aromatic rings. The van der Waals surface area contributed by atoms with Crippen molar-refractivity contribution in [2.24, 2.45) is 5.41 Å². The monoisotopic (exact) mass is 291 g/mol. The van der Waals surface area contributed by atoms with Gasteiger partial charge in [0, 0.05) is 26.2 Å². The fourth-order valence-electron chi connectivity index (χ4n) is 3.32. The van der Waals surface area contributed by atoms with E-state index in [1.807, 2.05) is 9.58 Å². The lowest BCUT2D eigenvalue weighted by Crippen LogP contribution is -2.44. The lowest BCUT2D eigenvalue weighted by Gasteiger charge is -2.40. The molecule has 1 aromatic heterocycles. The summed E-state index contributed by atoms with van der Waals surface area (Å²) in [5.41, 5.74) is 0.925. The molecule has 0 spiro atoms. The zero-order valence-corrected chi connectivity index (χ0v) is 13.0. The van der Waals surface area contributed by atoms with Gasteiger partial charge in [-0.15, -0.1) is 5.10 Å². The van der Waals surface area contributed by atoms with E-state index in [0.717, 1.165) is 39.0 Å². The number of carbonyl (C=O) groups excluding carboxylic acids is 1. The first-order valence-corrected chi connectivity index (χ1v) is 8.09. The molecule has 1 N–H and O–H groups in total. The summed E-state index contributed by atoms with van der Waals surface area (Å²) < 4.78 is 1.82. The van der Waals surface area contributed by atoms with Crippen molar-refractivity contribution in [3.63, 3.8) is 0 Å². The van der Waals surface area contributed by atoms with Gasteiger partial charge in [-0.1, -0.05) is 31.9 Å². The van der Waals surface area contributed by atoms with E-state index in [4.69, 9.17) is 0 Å². The SMILES string of the molecule is CCC1(CC)CCN(C(=O)c2cn(C3CNC3)nn2)CC1. The average Bonchev–Trinajstić information content (AvgIpc) is 2.94. The summed E-state index contributed by atoms with van der Waals surface area (Å²) in [5.74, 6) is 0.0364. The van der Waals surface area contributed by atoms with Crippen LogP contribution in [0.4, 0.5) is 0 Å². The third-order valence-corrected chi connectivity index (χ3v) is 5.47. The molecule has 0 unspecified atom stereocenters. The summed E-state index contributed by atoms with van der Waals surface area (Å²) in [6, 6.07) is 0.355. The van der Waals surface area contributed by atoms with Gasteiger partial charge in [0.25, 0.3) is 5.91 Å². The van der Waals surface area contributed by atoms with Crippen LogP contribution in [-0.2, 0) is 0 Å². The molecule has 3 heterocycles. The fraction of sp³-hybridized carbons (Fsp3) is 0.800. The third kappa shape index (κ3) is 2.69. The number of aromatic nitrogens is 3. The molecule has 0 aliphatic carbocycles. The van der Waals surface area contributed by atoms with Gasteiger partial charge in [-0.25, -0.2) is 4.68 Å². The topological polar surface area (TPSA) is 63.1 Å². The Morgan fingerprint density at radius 2 is 2.00 bits per heavy atom. The van der Waals surface area contributed by atoms with Gasteiger partial charge in [0.15, 0.2) is 5.69 Å². The number of amides is 1. The Balaban J connectivity index is 1.62. The van der Waals surface area contributed by atoms with Crippen LogP contribution in [0.15, 0.2) is 6.20 Å². The number of rotatable bonds is 4. The van der Waals surface area contributed by atoms with E-state index in [1.54, 1.807) is 6.20 Å². The van der Waals surface area contributed by atoms with Crippen molar-refractivity contribution in [1.29, 1.82) is 0 Å². The number of carbonyl (C=O) groups is 1. The van der Waals surface area contributed by atoms with Crippen molar-refractivity contribution < 1.29 is 4.79 Å². The largest absolute Gasteiger partial charge is 0.337 e. The summed E-state index contributed by atoms with van der Waals surface area (Å²) in [7, 11) is 0. The molecule has 0 bridgehead atoms. The van der Waals surface area contributed by atoms with Crippen LogP contribution in [-0.4, -0.2) is 52.0 Å². The second kappa shape index (κ2) is 5.75. The molecule has 3 rings (SSSR count). The van der Waals surface area contributed by atoms with Crippen LogP contribution in [0, 0.1) is 5.41 Å². The fourth-order valence-corrected chi connectivity index (χ4v) is 3.32. The number of piperidine rings is 1. The van der Waals surface area contributed by atoms with Gasteiger partial charge in [-0.05, 0) is 18.3 Å². The summed E-state index contributed by atoms with van der Waals surface area (Å²) in [6.07, 6.45) is 6.42. The number of likely N-dealkylation sites (tertiary alicyclic amines) is 1. The highest BCUT2D eigenvalue weighted by Crippen LogP contribution is 2.38. The molecule has 2 aliphatic heterocycles. The van der Waals surface area contributed by atoms with Gasteiger partial charge in [0.1, 0.15) is 0 Å². The van der Waals surface area contributed by atoms with Crippen molar-refractivity contribution in [3.05, 3.63) is 11.9 Å². The molecule has 21 heavy (non-hydrogen) atoms. The minimum absolute atomic E-state index is 0.0364. The number of nitrogens with zero attached hydrogens (tertiary/aromatic N) is 4. The smallest absolute Gasteiger partial charge is 0.276 e. The van der Waals surface area contributed by atoms with E-state index in [0.29, 0.717) is 17.2 Å². The maximum atomic E-state index is 12.5. The van der Waals surface area contributed by atoms with Gasteiger partial charge in [-0.2, -0.15) is 0 Å². The average molecular weight is 291 g/mol. The maximum Gasteiger partial charge on any atom is 0.276 e. The van der Waals surface area contributed by atoms with Gasteiger partial charge < -0.3 is 10.2 Å². The molecule has 2 fully saturated rings. The molecule has 116 valence electrons. The predicted molar refractivity (Wildman–Crippen MR) is 80.1 cm³/mol. The minimum atomic E-state index is 0.0364. The molecule has 6 heteroatoms. The molecule has 0 atom stereocenters. The maximum absolute atomic E-state index is 12.5. The first-order valence-electron chi connectivity index (χ1n) is 8.09. The molecule has 2 aliphatic rings. The molecule has 0 radical (unpaired) electrons. The van der Waals surface area contributed by atoms with Crippen molar-refractivity contribution in [2.75, 3.05) is 26.2 Å². The van der Waals surface area contributed by atoms with E-state index in [-0.39, 0.29) is 5.91 Å². The Morgan fingerprint density at radius 3 is 2.52 bits per heavy atom. The Morgan fingerprint density at radius 1 is 1.33 bits per heavy atom. The number of nitrogens with one attached hydrogen (secondary N) is 1. The van der Waals surface area contributed by atoms with E-state index >= 15 is 0 Å². The van der Waals surface area contributed by atoms with E-state index < -0.39 is 0 Å². The Hall–Kier alpha value is -1.43. The van der Waals surface area contributed by atoms with Crippen LogP contribution in [0.3, 0.4) is 0 Å². The Bertz CT molecular complexity index is 494. The van der Waals surface area contributed by atoms with Crippen LogP contribution in [0.25, 0.3) is 0 Å². The second-order valence-corrected chi connectivity index (χ2v) is 6.40. The van der Waals surface area contributed by atoms with Crippen molar-refractivity contribution in [2.45, 2.75) is 45.6 Å². The first kappa shape index (κ1) is 14.5. The molecule has 0 saturated carbocycles. The van der Waals surface area contributed by atoms with E-state index in [2.05, 4.69) is 29.5 Å². The van der Waals surface area contributed by atoms with E-state index in [9.17, 15) is 4.79 Å². The van der Waals surface area contributed by atoms with E-state index in [1.165, 1.54) is 12.8 Å². The lowest BCUT2D eigenvalue weighted by molar-refractivity contribution is 0.0552. The molecular weight excluding hydrogens is 266 g/mol. The summed E-state index contributed by atoms with van der Waals surface area (Å²) in [6.45, 7) is 8.04. The zero-order valence-electron chi connectivity index (χ0n) is 13.0. The van der Waals surface area contributed by atoms with Gasteiger partial charge in [-0.3, -0.25) is 4.79 Å². The molecule has 6 nitrogen and oxygen atoms in total. The van der Waals surface area contributed by atoms with Crippen LogP contribution >= 0.6 is 0 Å². The number of hydrogen-bond donors (Lipinski definition) is 1. The van der Waals surface area contributed by atoms with Crippen molar-refractivity contribution in [1.82, 2.24) is 25.2 Å². The number of hydrogen-bond acceptors (Lipinski definition) is 4. The predicted octanol–water partition coefficient (Wildman–Crippen LogP) is 1.46. The third-order valence-electron chi connectivity index (χ3n) is 5.47. The highest BCUT2D eigenvalue weighted by atomic mass is 16.2. The second-order valence-electron chi connectivity index (χ2n) is 6.40. The standard InChI is InChI=1S/C15H25N5O/c1-3-15(4-2)5-7-19(8-6-15)14(21)13-11-20(18-17-13)12-9-16-10-12/h11-12,16H,3-10H2,1-2H3. The Labute approximate surface area is 125 Å². The molecule has 0 aromatic carbocycles. The molecular formula is C15H25N5O. The van der Waals surface area contributed by atoms with Crippen LogP contribution < -0.4 is 5.32 Å².